The van der Waals surface area contributed by atoms with Gasteiger partial charge in [-0.05, 0) is 30.7 Å². The van der Waals surface area contributed by atoms with Gasteiger partial charge in [-0.15, -0.1) is 0 Å². The zero-order valence-electron chi connectivity index (χ0n) is 10.9. The molecule has 0 amide bonds. The van der Waals surface area contributed by atoms with E-state index in [1.807, 2.05) is 6.07 Å². The molecule has 2 N–H and O–H groups in total. The van der Waals surface area contributed by atoms with Gasteiger partial charge in [0.25, 0.3) is 0 Å². The first kappa shape index (κ1) is 12.0. The Bertz CT molecular complexity index is 502. The van der Waals surface area contributed by atoms with Gasteiger partial charge < -0.3 is 15.0 Å². The fraction of sp³-hybridized carbons (Fsp3) is 0.429. The predicted molar refractivity (Wildman–Crippen MR) is 71.5 cm³/mol. The zero-order valence-corrected chi connectivity index (χ0v) is 10.9. The third kappa shape index (κ3) is 2.44. The molecule has 0 saturated carbocycles. The second-order valence-corrected chi connectivity index (χ2v) is 4.70. The molecule has 0 fully saturated rings. The van der Waals surface area contributed by atoms with E-state index in [2.05, 4.69) is 49.4 Å². The van der Waals surface area contributed by atoms with Gasteiger partial charge in [-0.2, -0.15) is 0 Å². The van der Waals surface area contributed by atoms with Gasteiger partial charge in [0.2, 0.25) is 0 Å². The first-order valence-electron chi connectivity index (χ1n) is 6.03. The Labute approximate surface area is 102 Å². The summed E-state index contributed by atoms with van der Waals surface area (Å²) < 4.78 is 5.27. The molecule has 0 aliphatic rings. The summed E-state index contributed by atoms with van der Waals surface area (Å²) in [6.45, 7) is 6.50. The van der Waals surface area contributed by atoms with Gasteiger partial charge in [-0.1, -0.05) is 13.8 Å². The van der Waals surface area contributed by atoms with Gasteiger partial charge in [0.1, 0.15) is 5.75 Å². The second-order valence-electron chi connectivity index (χ2n) is 4.70. The number of hydrogen-bond acceptors (Lipinski definition) is 2. The molecule has 0 saturated heterocycles. The summed E-state index contributed by atoms with van der Waals surface area (Å²) in [4.78, 5) is 3.30. The minimum Gasteiger partial charge on any atom is -0.497 e. The number of benzene rings is 1. The summed E-state index contributed by atoms with van der Waals surface area (Å²) in [5.41, 5.74) is 2.44. The number of rotatable bonds is 4. The number of ether oxygens (including phenoxy) is 1. The van der Waals surface area contributed by atoms with Gasteiger partial charge in [0, 0.05) is 29.2 Å². The summed E-state index contributed by atoms with van der Waals surface area (Å²) in [6, 6.07) is 6.92. The van der Waals surface area contributed by atoms with Gasteiger partial charge in [0.15, 0.2) is 0 Å². The van der Waals surface area contributed by atoms with E-state index in [1.165, 1.54) is 10.9 Å². The van der Waals surface area contributed by atoms with Crippen LogP contribution in [0, 0.1) is 0 Å². The van der Waals surface area contributed by atoms with E-state index in [0.29, 0.717) is 12.1 Å². The Morgan fingerprint density at radius 2 is 2.00 bits per heavy atom. The highest BCUT2D eigenvalue weighted by Gasteiger charge is 2.12. The summed E-state index contributed by atoms with van der Waals surface area (Å²) >= 11 is 0. The first-order chi connectivity index (χ1) is 8.11. The quantitative estimate of drug-likeness (QED) is 0.849. The summed E-state index contributed by atoms with van der Waals surface area (Å²) in [5, 5.41) is 4.74. The molecular weight excluding hydrogens is 212 g/mol. The van der Waals surface area contributed by atoms with E-state index in [-0.39, 0.29) is 0 Å². The maximum Gasteiger partial charge on any atom is 0.119 e. The Morgan fingerprint density at radius 3 is 2.65 bits per heavy atom. The molecule has 1 heterocycles. The molecule has 0 radical (unpaired) electrons. The van der Waals surface area contributed by atoms with E-state index in [9.17, 15) is 0 Å². The van der Waals surface area contributed by atoms with E-state index in [4.69, 9.17) is 4.74 Å². The van der Waals surface area contributed by atoms with E-state index in [0.717, 1.165) is 11.3 Å². The number of nitrogens with one attached hydrogen (secondary N) is 2. The first-order valence-corrected chi connectivity index (χ1v) is 6.03. The van der Waals surface area contributed by atoms with Crippen LogP contribution in [0.3, 0.4) is 0 Å². The summed E-state index contributed by atoms with van der Waals surface area (Å²) in [6.07, 6.45) is 2.07. The number of fused-ring (bicyclic) bond motifs is 1. The van der Waals surface area contributed by atoms with E-state index in [1.54, 1.807) is 7.11 Å². The Balaban J connectivity index is 2.39. The third-order valence-electron chi connectivity index (χ3n) is 2.97. The van der Waals surface area contributed by atoms with E-state index < -0.39 is 0 Å². The molecule has 2 rings (SSSR count). The lowest BCUT2D eigenvalue weighted by Gasteiger charge is -2.16. The van der Waals surface area contributed by atoms with Crippen molar-refractivity contribution < 1.29 is 4.74 Å². The normalized spacial score (nSPS) is 13.2. The molecule has 92 valence electrons. The average Bonchev–Trinajstić information content (AvgIpc) is 2.70. The Hall–Kier alpha value is -1.48. The lowest BCUT2D eigenvalue weighted by Crippen LogP contribution is -2.25. The fourth-order valence-corrected chi connectivity index (χ4v) is 2.20. The van der Waals surface area contributed by atoms with Gasteiger partial charge in [-0.3, -0.25) is 0 Å². The number of hydrogen-bond donors (Lipinski definition) is 2. The molecule has 17 heavy (non-hydrogen) atoms. The van der Waals surface area contributed by atoms with Crippen LogP contribution in [0.2, 0.25) is 0 Å². The molecule has 0 bridgehead atoms. The lowest BCUT2D eigenvalue weighted by atomic mass is 10.1. The molecule has 1 aromatic carbocycles. The van der Waals surface area contributed by atoms with Crippen molar-refractivity contribution in [1.82, 2.24) is 10.3 Å². The van der Waals surface area contributed by atoms with Crippen LogP contribution in [0.4, 0.5) is 0 Å². The van der Waals surface area contributed by atoms with E-state index >= 15 is 0 Å². The highest BCUT2D eigenvalue weighted by atomic mass is 16.5. The van der Waals surface area contributed by atoms with Crippen molar-refractivity contribution in [2.75, 3.05) is 7.11 Å². The van der Waals surface area contributed by atoms with Gasteiger partial charge in [0.05, 0.1) is 7.11 Å². The van der Waals surface area contributed by atoms with Crippen molar-refractivity contribution in [1.29, 1.82) is 0 Å². The highest BCUT2D eigenvalue weighted by molar-refractivity contribution is 5.85. The Kier molecular flexibility index (Phi) is 3.38. The van der Waals surface area contributed by atoms with Gasteiger partial charge in [-0.25, -0.2) is 0 Å². The van der Waals surface area contributed by atoms with Crippen molar-refractivity contribution in [3.05, 3.63) is 30.0 Å². The van der Waals surface area contributed by atoms with Crippen LogP contribution < -0.4 is 10.1 Å². The fourth-order valence-electron chi connectivity index (χ4n) is 2.20. The van der Waals surface area contributed by atoms with Gasteiger partial charge >= 0.3 is 0 Å². The molecule has 1 aromatic heterocycles. The molecule has 3 heteroatoms. The molecule has 1 unspecified atom stereocenters. The topological polar surface area (TPSA) is 37.0 Å². The number of aromatic amines is 1. The lowest BCUT2D eigenvalue weighted by molar-refractivity contribution is 0.415. The predicted octanol–water partition coefficient (Wildman–Crippen LogP) is 3.24. The molecule has 0 aliphatic carbocycles. The highest BCUT2D eigenvalue weighted by Crippen LogP contribution is 2.27. The number of aromatic nitrogens is 1. The maximum absolute atomic E-state index is 5.27. The monoisotopic (exact) mass is 232 g/mol. The van der Waals surface area contributed by atoms with Crippen LogP contribution in [0.15, 0.2) is 24.4 Å². The molecule has 1 atom stereocenters. The van der Waals surface area contributed by atoms with Crippen LogP contribution in [-0.4, -0.2) is 18.1 Å². The minimum absolute atomic E-state index is 0.329. The van der Waals surface area contributed by atoms with Crippen molar-refractivity contribution in [2.45, 2.75) is 32.9 Å². The van der Waals surface area contributed by atoms with Crippen molar-refractivity contribution >= 4 is 10.9 Å². The van der Waals surface area contributed by atoms with Crippen molar-refractivity contribution in [3.8, 4) is 5.75 Å². The van der Waals surface area contributed by atoms with Crippen LogP contribution in [0.5, 0.6) is 5.75 Å². The maximum atomic E-state index is 5.27. The number of H-pyrrole nitrogens is 1. The third-order valence-corrected chi connectivity index (χ3v) is 2.97. The van der Waals surface area contributed by atoms with Crippen LogP contribution in [0.25, 0.3) is 10.9 Å². The SMILES string of the molecule is COc1ccc2[nH]cc(C(C)NC(C)C)c2c1. The average molecular weight is 232 g/mol. The van der Waals surface area contributed by atoms with Crippen LogP contribution in [0.1, 0.15) is 32.4 Å². The summed E-state index contributed by atoms with van der Waals surface area (Å²) in [5.74, 6) is 0.898. The molecule has 0 aliphatic heterocycles. The molecule has 2 aromatic rings. The minimum atomic E-state index is 0.329. The smallest absolute Gasteiger partial charge is 0.119 e. The van der Waals surface area contributed by atoms with Crippen molar-refractivity contribution in [2.24, 2.45) is 0 Å². The van der Waals surface area contributed by atoms with Crippen LogP contribution >= 0.6 is 0 Å². The van der Waals surface area contributed by atoms with Crippen molar-refractivity contribution in [3.63, 3.8) is 0 Å². The molecule has 3 nitrogen and oxygen atoms in total. The second kappa shape index (κ2) is 4.80. The molecular formula is C14H20N2O. The number of methoxy groups -OCH3 is 1. The molecule has 0 spiro atoms. The zero-order chi connectivity index (χ0) is 12.4. The van der Waals surface area contributed by atoms with Crippen LogP contribution in [-0.2, 0) is 0 Å². The Morgan fingerprint density at radius 1 is 1.24 bits per heavy atom. The standard InChI is InChI=1S/C14H20N2O/c1-9(2)16-10(3)13-8-15-14-6-5-11(17-4)7-12(13)14/h5-10,15-16H,1-4H3. The largest absolute Gasteiger partial charge is 0.497 e. The summed E-state index contributed by atoms with van der Waals surface area (Å²) in [7, 11) is 1.70.